The molecular formula is C15H31N3O. The molecule has 0 saturated carbocycles. The van der Waals surface area contributed by atoms with Crippen LogP contribution in [0.25, 0.3) is 0 Å². The lowest BCUT2D eigenvalue weighted by molar-refractivity contribution is -0.127. The maximum Gasteiger partial charge on any atom is 0.237 e. The molecular weight excluding hydrogens is 238 g/mol. The summed E-state index contributed by atoms with van der Waals surface area (Å²) in [6.07, 6.45) is 4.46. The molecule has 0 bridgehead atoms. The van der Waals surface area contributed by atoms with Crippen molar-refractivity contribution < 1.29 is 4.79 Å². The first-order valence-corrected chi connectivity index (χ1v) is 7.86. The monoisotopic (exact) mass is 269 g/mol. The van der Waals surface area contributed by atoms with Gasteiger partial charge in [-0.3, -0.25) is 9.69 Å². The van der Waals surface area contributed by atoms with E-state index in [1.165, 1.54) is 0 Å². The van der Waals surface area contributed by atoms with Crippen LogP contribution in [0.1, 0.15) is 53.4 Å². The van der Waals surface area contributed by atoms with E-state index in [2.05, 4.69) is 36.3 Å². The van der Waals surface area contributed by atoms with Crippen LogP contribution in [0.3, 0.4) is 0 Å². The lowest BCUT2D eigenvalue weighted by Gasteiger charge is -2.37. The molecule has 1 saturated heterocycles. The molecule has 112 valence electrons. The molecule has 0 radical (unpaired) electrons. The summed E-state index contributed by atoms with van der Waals surface area (Å²) < 4.78 is 0. The van der Waals surface area contributed by atoms with Gasteiger partial charge in [0.25, 0.3) is 0 Å². The van der Waals surface area contributed by atoms with Crippen molar-refractivity contribution in [3.05, 3.63) is 0 Å². The van der Waals surface area contributed by atoms with E-state index in [9.17, 15) is 4.79 Å². The Morgan fingerprint density at radius 2 is 1.95 bits per heavy atom. The molecule has 0 aromatic rings. The van der Waals surface area contributed by atoms with Crippen LogP contribution in [-0.2, 0) is 4.79 Å². The third-order valence-corrected chi connectivity index (χ3v) is 4.13. The minimum Gasteiger partial charge on any atom is -0.352 e. The summed E-state index contributed by atoms with van der Waals surface area (Å²) in [6, 6.07) is 0.813. The number of nitrogens with zero attached hydrogens (tertiary/aromatic N) is 1. The minimum atomic E-state index is -0.0209. The summed E-state index contributed by atoms with van der Waals surface area (Å²) in [7, 11) is 0. The topological polar surface area (TPSA) is 44.4 Å². The standard InChI is InChI=1S/C15H31N3O/c1-5-7-12(3)17-15(19)13(4)18(6-2)14-8-10-16-11-9-14/h12-14,16H,5-11H2,1-4H3,(H,17,19). The van der Waals surface area contributed by atoms with Crippen molar-refractivity contribution in [3.63, 3.8) is 0 Å². The maximum absolute atomic E-state index is 12.3. The SMILES string of the molecule is CCCC(C)NC(=O)C(C)N(CC)C1CCNCC1. The van der Waals surface area contributed by atoms with Gasteiger partial charge in [0.2, 0.25) is 5.91 Å². The summed E-state index contributed by atoms with van der Waals surface area (Å²) in [5.41, 5.74) is 0. The lowest BCUT2D eigenvalue weighted by Crippen LogP contribution is -2.53. The van der Waals surface area contributed by atoms with Crippen LogP contribution in [0.4, 0.5) is 0 Å². The van der Waals surface area contributed by atoms with Gasteiger partial charge in [-0.2, -0.15) is 0 Å². The van der Waals surface area contributed by atoms with Crippen LogP contribution >= 0.6 is 0 Å². The number of rotatable bonds is 7. The Morgan fingerprint density at radius 1 is 1.32 bits per heavy atom. The second-order valence-electron chi connectivity index (χ2n) is 5.69. The van der Waals surface area contributed by atoms with Gasteiger partial charge < -0.3 is 10.6 Å². The van der Waals surface area contributed by atoms with Crippen LogP contribution in [0.15, 0.2) is 0 Å². The molecule has 1 heterocycles. The fraction of sp³-hybridized carbons (Fsp3) is 0.933. The Bertz CT molecular complexity index is 264. The quantitative estimate of drug-likeness (QED) is 0.740. The Morgan fingerprint density at radius 3 is 2.47 bits per heavy atom. The predicted octanol–water partition coefficient (Wildman–Crippen LogP) is 1.75. The van der Waals surface area contributed by atoms with Crippen LogP contribution in [0.2, 0.25) is 0 Å². The number of hydrogen-bond acceptors (Lipinski definition) is 3. The van der Waals surface area contributed by atoms with E-state index in [0.717, 1.165) is 45.3 Å². The smallest absolute Gasteiger partial charge is 0.237 e. The summed E-state index contributed by atoms with van der Waals surface area (Å²) in [5, 5.41) is 6.52. The van der Waals surface area contributed by atoms with E-state index in [4.69, 9.17) is 0 Å². The number of amides is 1. The maximum atomic E-state index is 12.3. The third kappa shape index (κ3) is 5.11. The van der Waals surface area contributed by atoms with Gasteiger partial charge in [0.1, 0.15) is 0 Å². The molecule has 4 heteroatoms. The first kappa shape index (κ1) is 16.4. The van der Waals surface area contributed by atoms with Gasteiger partial charge in [-0.15, -0.1) is 0 Å². The van der Waals surface area contributed by atoms with Crippen molar-refractivity contribution in [2.75, 3.05) is 19.6 Å². The molecule has 1 aliphatic rings. The van der Waals surface area contributed by atoms with Crippen LogP contribution in [0, 0.1) is 0 Å². The van der Waals surface area contributed by atoms with Crippen molar-refractivity contribution in [3.8, 4) is 0 Å². The normalized spacial score (nSPS) is 20.3. The van der Waals surface area contributed by atoms with E-state index in [1.807, 2.05) is 6.92 Å². The molecule has 1 fully saturated rings. The van der Waals surface area contributed by atoms with E-state index in [0.29, 0.717) is 6.04 Å². The average Bonchev–Trinajstić information content (AvgIpc) is 2.40. The van der Waals surface area contributed by atoms with Crippen LogP contribution in [-0.4, -0.2) is 48.6 Å². The number of hydrogen-bond donors (Lipinski definition) is 2. The molecule has 0 aliphatic carbocycles. The van der Waals surface area contributed by atoms with Gasteiger partial charge in [0, 0.05) is 12.1 Å². The molecule has 1 rings (SSSR count). The molecule has 2 unspecified atom stereocenters. The van der Waals surface area contributed by atoms with Gasteiger partial charge in [0.05, 0.1) is 6.04 Å². The summed E-state index contributed by atoms with van der Waals surface area (Å²) in [4.78, 5) is 14.7. The Labute approximate surface area is 118 Å². The fourth-order valence-corrected chi connectivity index (χ4v) is 3.01. The highest BCUT2D eigenvalue weighted by molar-refractivity contribution is 5.81. The first-order chi connectivity index (χ1) is 9.10. The molecule has 4 nitrogen and oxygen atoms in total. The van der Waals surface area contributed by atoms with E-state index >= 15 is 0 Å². The third-order valence-electron chi connectivity index (χ3n) is 4.13. The highest BCUT2D eigenvalue weighted by Crippen LogP contribution is 2.15. The van der Waals surface area contributed by atoms with Crippen molar-refractivity contribution in [1.29, 1.82) is 0 Å². The van der Waals surface area contributed by atoms with Crippen LogP contribution < -0.4 is 10.6 Å². The molecule has 1 amide bonds. The highest BCUT2D eigenvalue weighted by atomic mass is 16.2. The summed E-state index contributed by atoms with van der Waals surface area (Å²) >= 11 is 0. The van der Waals surface area contributed by atoms with Gasteiger partial charge in [-0.05, 0) is 52.7 Å². The number of nitrogens with one attached hydrogen (secondary N) is 2. The van der Waals surface area contributed by atoms with Crippen molar-refractivity contribution >= 4 is 5.91 Å². The zero-order valence-electron chi connectivity index (χ0n) is 13.0. The second-order valence-corrected chi connectivity index (χ2v) is 5.69. The van der Waals surface area contributed by atoms with Crippen molar-refractivity contribution in [2.24, 2.45) is 0 Å². The Kier molecular flexibility index (Phi) is 7.39. The molecule has 2 atom stereocenters. The number of piperidine rings is 1. The number of carbonyl (C=O) groups excluding carboxylic acids is 1. The van der Waals surface area contributed by atoms with Gasteiger partial charge in [-0.1, -0.05) is 20.3 Å². The van der Waals surface area contributed by atoms with Gasteiger partial charge in [-0.25, -0.2) is 0 Å². The predicted molar refractivity (Wildman–Crippen MR) is 80.2 cm³/mol. The number of likely N-dealkylation sites (N-methyl/N-ethyl adjacent to an activating group) is 1. The lowest BCUT2D eigenvalue weighted by atomic mass is 10.0. The van der Waals surface area contributed by atoms with Crippen molar-refractivity contribution in [1.82, 2.24) is 15.5 Å². The molecule has 0 spiro atoms. The zero-order valence-corrected chi connectivity index (χ0v) is 13.0. The summed E-state index contributed by atoms with van der Waals surface area (Å²) in [6.45, 7) is 11.5. The molecule has 1 aliphatic heterocycles. The zero-order chi connectivity index (χ0) is 14.3. The summed E-state index contributed by atoms with van der Waals surface area (Å²) in [5.74, 6) is 0.182. The first-order valence-electron chi connectivity index (χ1n) is 7.86. The minimum absolute atomic E-state index is 0.0209. The van der Waals surface area contributed by atoms with Crippen LogP contribution in [0.5, 0.6) is 0 Å². The molecule has 0 aromatic carbocycles. The molecule has 19 heavy (non-hydrogen) atoms. The van der Waals surface area contributed by atoms with E-state index in [-0.39, 0.29) is 18.0 Å². The largest absolute Gasteiger partial charge is 0.352 e. The highest BCUT2D eigenvalue weighted by Gasteiger charge is 2.28. The molecule has 0 aromatic heterocycles. The van der Waals surface area contributed by atoms with Crippen molar-refractivity contribution in [2.45, 2.75) is 71.5 Å². The van der Waals surface area contributed by atoms with Gasteiger partial charge >= 0.3 is 0 Å². The van der Waals surface area contributed by atoms with E-state index in [1.54, 1.807) is 0 Å². The van der Waals surface area contributed by atoms with Gasteiger partial charge in [0.15, 0.2) is 0 Å². The average molecular weight is 269 g/mol. The Hall–Kier alpha value is -0.610. The number of carbonyl (C=O) groups is 1. The van der Waals surface area contributed by atoms with E-state index < -0.39 is 0 Å². The Balaban J connectivity index is 2.51. The fourth-order valence-electron chi connectivity index (χ4n) is 3.01. The second kappa shape index (κ2) is 8.54. The molecule has 2 N–H and O–H groups in total.